The second kappa shape index (κ2) is 11.8. The van der Waals surface area contributed by atoms with Gasteiger partial charge in [-0.2, -0.15) is 0 Å². The van der Waals surface area contributed by atoms with Gasteiger partial charge in [-0.1, -0.05) is 72.8 Å². The maximum Gasteiger partial charge on any atom is 0.224 e. The highest BCUT2D eigenvalue weighted by Crippen LogP contribution is 2.20. The van der Waals surface area contributed by atoms with Crippen molar-refractivity contribution in [1.82, 2.24) is 14.9 Å². The van der Waals surface area contributed by atoms with E-state index in [1.54, 1.807) is 0 Å². The van der Waals surface area contributed by atoms with E-state index in [0.717, 1.165) is 46.7 Å². The van der Waals surface area contributed by atoms with Crippen LogP contribution in [0.3, 0.4) is 0 Å². The normalized spacial score (nSPS) is 11.0. The maximum atomic E-state index is 12.8. The number of amides is 1. The molecule has 5 aromatic rings. The topological polar surface area (TPSA) is 56.1 Å². The highest BCUT2D eigenvalue weighted by atomic mass is 16.5. The smallest absolute Gasteiger partial charge is 0.224 e. The summed E-state index contributed by atoms with van der Waals surface area (Å²) in [6, 6.07) is 32.8. The first kappa shape index (κ1) is 25.3. The number of nitrogens with one attached hydrogen (secondary N) is 1. The Bertz CT molecular complexity index is 1500. The van der Waals surface area contributed by atoms with Gasteiger partial charge in [0.1, 0.15) is 11.6 Å². The molecule has 1 N–H and O–H groups in total. The molecule has 0 aliphatic heterocycles. The Balaban J connectivity index is 1.19. The SMILES string of the molecule is Cc1cc(C)cc(OCCCn2c(CNC(=O)Cc3ccc(-c4ccccc4)cc3)nc3ccccc32)c1. The minimum absolute atomic E-state index is 0.0192. The summed E-state index contributed by atoms with van der Waals surface area (Å²) in [7, 11) is 0. The Kier molecular flexibility index (Phi) is 7.84. The van der Waals surface area contributed by atoms with Crippen molar-refractivity contribution >= 4 is 16.9 Å². The second-order valence-electron chi connectivity index (χ2n) is 9.71. The molecular formula is C33H33N3O2. The number of fused-ring (bicyclic) bond motifs is 1. The van der Waals surface area contributed by atoms with Crippen LogP contribution in [0.4, 0.5) is 0 Å². The van der Waals surface area contributed by atoms with Crippen molar-refractivity contribution in [3.8, 4) is 16.9 Å². The predicted molar refractivity (Wildman–Crippen MR) is 153 cm³/mol. The van der Waals surface area contributed by atoms with Crippen LogP contribution in [0.5, 0.6) is 5.75 Å². The maximum absolute atomic E-state index is 12.8. The van der Waals surface area contributed by atoms with Crippen LogP contribution in [0.2, 0.25) is 0 Å². The third kappa shape index (κ3) is 6.30. The van der Waals surface area contributed by atoms with Crippen LogP contribution >= 0.6 is 0 Å². The molecule has 4 aromatic carbocycles. The average molecular weight is 504 g/mol. The third-order valence-electron chi connectivity index (χ3n) is 6.59. The summed E-state index contributed by atoms with van der Waals surface area (Å²) in [5, 5.41) is 3.07. The summed E-state index contributed by atoms with van der Waals surface area (Å²) in [5.41, 5.74) is 7.70. The number of benzene rings is 4. The van der Waals surface area contributed by atoms with Crippen molar-refractivity contribution in [2.75, 3.05) is 6.61 Å². The van der Waals surface area contributed by atoms with E-state index in [1.807, 2.05) is 48.5 Å². The van der Waals surface area contributed by atoms with Gasteiger partial charge in [0.05, 0.1) is 30.6 Å². The molecule has 0 saturated heterocycles. The van der Waals surface area contributed by atoms with Crippen molar-refractivity contribution in [2.24, 2.45) is 0 Å². The van der Waals surface area contributed by atoms with Gasteiger partial charge in [-0.15, -0.1) is 0 Å². The minimum atomic E-state index is -0.0192. The first-order valence-corrected chi connectivity index (χ1v) is 13.1. The number of imidazole rings is 1. The molecule has 192 valence electrons. The summed E-state index contributed by atoms with van der Waals surface area (Å²) in [6.07, 6.45) is 1.17. The minimum Gasteiger partial charge on any atom is -0.494 e. The lowest BCUT2D eigenvalue weighted by Crippen LogP contribution is -2.26. The van der Waals surface area contributed by atoms with Gasteiger partial charge in [0.15, 0.2) is 0 Å². The van der Waals surface area contributed by atoms with Gasteiger partial charge < -0.3 is 14.6 Å². The number of hydrogen-bond donors (Lipinski definition) is 1. The number of hydrogen-bond acceptors (Lipinski definition) is 3. The van der Waals surface area contributed by atoms with Crippen LogP contribution in [0.1, 0.15) is 28.9 Å². The van der Waals surface area contributed by atoms with Gasteiger partial charge in [0, 0.05) is 6.54 Å². The molecule has 38 heavy (non-hydrogen) atoms. The fourth-order valence-electron chi connectivity index (χ4n) is 4.81. The van der Waals surface area contributed by atoms with Crippen molar-refractivity contribution in [2.45, 2.75) is 39.8 Å². The number of nitrogens with zero attached hydrogens (tertiary/aromatic N) is 2. The van der Waals surface area contributed by atoms with Crippen LogP contribution in [0.15, 0.2) is 97.1 Å². The molecule has 1 aromatic heterocycles. The monoisotopic (exact) mass is 503 g/mol. The molecule has 0 atom stereocenters. The Morgan fingerprint density at radius 1 is 0.842 bits per heavy atom. The standard InChI is InChI=1S/C33H33N3O2/c1-24-19-25(2)21-29(20-24)38-18-8-17-36-31-12-7-6-11-30(31)35-32(36)23-34-33(37)22-26-13-15-28(16-14-26)27-9-4-3-5-10-27/h3-7,9-16,19-21H,8,17-18,22-23H2,1-2H3,(H,34,37). The van der Waals surface area contributed by atoms with Crippen LogP contribution in [0.25, 0.3) is 22.2 Å². The van der Waals surface area contributed by atoms with Crippen molar-refractivity contribution in [3.63, 3.8) is 0 Å². The summed E-state index contributed by atoms with van der Waals surface area (Å²) in [6.45, 7) is 5.92. The van der Waals surface area contributed by atoms with Gasteiger partial charge in [-0.25, -0.2) is 4.98 Å². The molecule has 1 heterocycles. The Morgan fingerprint density at radius 2 is 1.53 bits per heavy atom. The van der Waals surface area contributed by atoms with E-state index in [-0.39, 0.29) is 5.91 Å². The van der Waals surface area contributed by atoms with Crippen molar-refractivity contribution in [1.29, 1.82) is 0 Å². The quantitative estimate of drug-likeness (QED) is 0.217. The third-order valence-corrected chi connectivity index (χ3v) is 6.59. The number of carbonyl (C=O) groups is 1. The molecule has 5 rings (SSSR count). The zero-order chi connectivity index (χ0) is 26.3. The van der Waals surface area contributed by atoms with Gasteiger partial charge in [-0.05, 0) is 72.4 Å². The number of carbonyl (C=O) groups excluding carboxylic acids is 1. The molecule has 0 bridgehead atoms. The van der Waals surface area contributed by atoms with Crippen molar-refractivity contribution < 1.29 is 9.53 Å². The zero-order valence-corrected chi connectivity index (χ0v) is 22.0. The van der Waals surface area contributed by atoms with E-state index in [9.17, 15) is 4.79 Å². The van der Waals surface area contributed by atoms with Crippen LogP contribution in [-0.2, 0) is 24.3 Å². The number of aryl methyl sites for hydroxylation is 3. The Labute approximate surface area is 224 Å². The Morgan fingerprint density at radius 3 is 2.29 bits per heavy atom. The molecule has 0 radical (unpaired) electrons. The molecule has 0 unspecified atom stereocenters. The van der Waals surface area contributed by atoms with E-state index >= 15 is 0 Å². The van der Waals surface area contributed by atoms with Crippen LogP contribution < -0.4 is 10.1 Å². The van der Waals surface area contributed by atoms with E-state index in [4.69, 9.17) is 9.72 Å². The predicted octanol–water partition coefficient (Wildman–Crippen LogP) is 6.65. The van der Waals surface area contributed by atoms with Crippen molar-refractivity contribution in [3.05, 3.63) is 120 Å². The second-order valence-corrected chi connectivity index (χ2v) is 9.71. The van der Waals surface area contributed by atoms with E-state index in [1.165, 1.54) is 16.7 Å². The number of ether oxygens (including phenoxy) is 1. The summed E-state index contributed by atoms with van der Waals surface area (Å²) < 4.78 is 8.21. The lowest BCUT2D eigenvalue weighted by Gasteiger charge is -2.12. The van der Waals surface area contributed by atoms with Gasteiger partial charge >= 0.3 is 0 Å². The molecule has 0 saturated carbocycles. The first-order valence-electron chi connectivity index (χ1n) is 13.1. The zero-order valence-electron chi connectivity index (χ0n) is 22.0. The summed E-state index contributed by atoms with van der Waals surface area (Å²) in [5.74, 6) is 1.74. The molecule has 0 aliphatic rings. The van der Waals surface area contributed by atoms with Crippen LogP contribution in [0, 0.1) is 13.8 Å². The molecule has 0 fully saturated rings. The highest BCUT2D eigenvalue weighted by Gasteiger charge is 2.12. The molecule has 0 spiro atoms. The van der Waals surface area contributed by atoms with Gasteiger partial charge in [0.25, 0.3) is 0 Å². The van der Waals surface area contributed by atoms with E-state index in [2.05, 4.69) is 72.3 Å². The van der Waals surface area contributed by atoms with E-state index < -0.39 is 0 Å². The fourth-order valence-corrected chi connectivity index (χ4v) is 4.81. The van der Waals surface area contributed by atoms with Crippen LogP contribution in [-0.4, -0.2) is 22.1 Å². The van der Waals surface area contributed by atoms with Gasteiger partial charge in [0.2, 0.25) is 5.91 Å². The molecule has 1 amide bonds. The Hall–Kier alpha value is -4.38. The molecule has 5 nitrogen and oxygen atoms in total. The lowest BCUT2D eigenvalue weighted by atomic mass is 10.0. The summed E-state index contributed by atoms with van der Waals surface area (Å²) >= 11 is 0. The number of aromatic nitrogens is 2. The molecule has 5 heteroatoms. The lowest BCUT2D eigenvalue weighted by molar-refractivity contribution is -0.120. The summed E-state index contributed by atoms with van der Waals surface area (Å²) in [4.78, 5) is 17.6. The highest BCUT2D eigenvalue weighted by molar-refractivity contribution is 5.79. The molecule has 0 aliphatic carbocycles. The largest absolute Gasteiger partial charge is 0.494 e. The number of rotatable bonds is 10. The first-order chi connectivity index (χ1) is 18.5. The fraction of sp³-hybridized carbons (Fsp3) is 0.212. The van der Waals surface area contributed by atoms with Gasteiger partial charge in [-0.3, -0.25) is 4.79 Å². The molecular weight excluding hydrogens is 470 g/mol. The number of para-hydroxylation sites is 2. The average Bonchev–Trinajstić information content (AvgIpc) is 3.28. The van der Waals surface area contributed by atoms with E-state index in [0.29, 0.717) is 19.6 Å².